The van der Waals surface area contributed by atoms with E-state index < -0.39 is 17.6 Å². The topological polar surface area (TPSA) is 37.3 Å². The van der Waals surface area contributed by atoms with Crippen LogP contribution in [0.5, 0.6) is 0 Å². The van der Waals surface area contributed by atoms with Crippen molar-refractivity contribution in [2.24, 2.45) is 0 Å². The van der Waals surface area contributed by atoms with E-state index in [-0.39, 0.29) is 4.90 Å². The van der Waals surface area contributed by atoms with E-state index in [4.69, 9.17) is 5.11 Å². The predicted molar refractivity (Wildman–Crippen MR) is 49.0 cm³/mol. The largest absolute Gasteiger partial charge is 0.478 e. The molecule has 0 heterocycles. The second kappa shape index (κ2) is 4.76. The van der Waals surface area contributed by atoms with Crippen LogP contribution in [0, 0.1) is 11.6 Å². The van der Waals surface area contributed by atoms with Crippen LogP contribution < -0.4 is 0 Å². The smallest absolute Gasteiger partial charge is 0.328 e. The second-order valence-corrected chi connectivity index (χ2v) is 3.28. The van der Waals surface area contributed by atoms with Gasteiger partial charge in [0, 0.05) is 17.0 Å². The van der Waals surface area contributed by atoms with E-state index >= 15 is 0 Å². The Morgan fingerprint density at radius 2 is 2.14 bits per heavy atom. The number of hydrogen-bond donors (Lipinski definition) is 1. The van der Waals surface area contributed by atoms with Crippen molar-refractivity contribution in [3.8, 4) is 0 Å². The van der Waals surface area contributed by atoms with Gasteiger partial charge in [-0.15, -0.1) is 0 Å². The molecule has 0 saturated carbocycles. The van der Waals surface area contributed by atoms with E-state index in [9.17, 15) is 13.6 Å². The molecule has 1 aromatic carbocycles. The molecule has 0 aliphatic carbocycles. The molecule has 0 unspecified atom stereocenters. The first kappa shape index (κ1) is 10.7. The number of carbonyl (C=O) groups is 1. The van der Waals surface area contributed by atoms with Crippen LogP contribution in [-0.2, 0) is 4.79 Å². The van der Waals surface area contributed by atoms with Crippen molar-refractivity contribution in [2.75, 3.05) is 0 Å². The lowest BCUT2D eigenvalue weighted by Gasteiger charge is -1.97. The summed E-state index contributed by atoms with van der Waals surface area (Å²) >= 11 is 0.881. The lowest BCUT2D eigenvalue weighted by atomic mass is 10.3. The molecule has 0 bridgehead atoms. The molecule has 74 valence electrons. The summed E-state index contributed by atoms with van der Waals surface area (Å²) < 4.78 is 25.4. The fourth-order valence-electron chi connectivity index (χ4n) is 0.736. The average molecular weight is 216 g/mol. The number of hydrogen-bond acceptors (Lipinski definition) is 2. The van der Waals surface area contributed by atoms with Gasteiger partial charge in [0.15, 0.2) is 0 Å². The molecule has 0 amide bonds. The zero-order valence-corrected chi connectivity index (χ0v) is 7.72. The molecule has 0 aromatic heterocycles. The maximum absolute atomic E-state index is 12.9. The van der Waals surface area contributed by atoms with E-state index in [1.165, 1.54) is 11.5 Å². The molecule has 2 nitrogen and oxygen atoms in total. The van der Waals surface area contributed by atoms with E-state index in [0.717, 1.165) is 30.0 Å². The number of carboxylic acids is 1. The van der Waals surface area contributed by atoms with E-state index in [1.807, 2.05) is 0 Å². The van der Waals surface area contributed by atoms with Gasteiger partial charge in [0.1, 0.15) is 11.6 Å². The van der Waals surface area contributed by atoms with Gasteiger partial charge in [0.05, 0.1) is 0 Å². The lowest BCUT2D eigenvalue weighted by molar-refractivity contribution is -0.131. The van der Waals surface area contributed by atoms with Crippen LogP contribution in [0.15, 0.2) is 34.6 Å². The Morgan fingerprint density at radius 3 is 2.71 bits per heavy atom. The highest BCUT2D eigenvalue weighted by Gasteiger charge is 2.02. The summed E-state index contributed by atoms with van der Waals surface area (Å²) in [6.07, 6.45) is 0.882. The molecule has 0 fully saturated rings. The Kier molecular flexibility index (Phi) is 3.64. The molecule has 1 aromatic rings. The normalized spacial score (nSPS) is 10.7. The van der Waals surface area contributed by atoms with Gasteiger partial charge in [0.25, 0.3) is 0 Å². The van der Waals surface area contributed by atoms with Crippen molar-refractivity contribution in [3.05, 3.63) is 41.3 Å². The molecular weight excluding hydrogens is 210 g/mol. The number of carboxylic acid groups (broad SMARTS) is 1. The van der Waals surface area contributed by atoms with Crippen molar-refractivity contribution < 1.29 is 18.7 Å². The van der Waals surface area contributed by atoms with Crippen molar-refractivity contribution in [3.63, 3.8) is 0 Å². The van der Waals surface area contributed by atoms with Crippen molar-refractivity contribution >= 4 is 17.7 Å². The average Bonchev–Trinajstić information content (AvgIpc) is 2.08. The minimum absolute atomic E-state index is 0.184. The van der Waals surface area contributed by atoms with Crippen LogP contribution in [0.2, 0.25) is 0 Å². The zero-order valence-electron chi connectivity index (χ0n) is 6.91. The molecule has 0 saturated heterocycles. The summed E-state index contributed by atoms with van der Waals surface area (Å²) in [7, 11) is 0. The monoisotopic (exact) mass is 216 g/mol. The highest BCUT2D eigenvalue weighted by Crippen LogP contribution is 2.22. The fourth-order valence-corrected chi connectivity index (χ4v) is 1.39. The fraction of sp³-hybridized carbons (Fsp3) is 0. The van der Waals surface area contributed by atoms with Gasteiger partial charge >= 0.3 is 5.97 Å². The first-order chi connectivity index (χ1) is 6.59. The van der Waals surface area contributed by atoms with Gasteiger partial charge in [-0.05, 0) is 17.5 Å². The van der Waals surface area contributed by atoms with Crippen molar-refractivity contribution in [1.82, 2.24) is 0 Å². The van der Waals surface area contributed by atoms with Gasteiger partial charge in [-0.25, -0.2) is 13.6 Å². The maximum Gasteiger partial charge on any atom is 0.328 e. The van der Waals surface area contributed by atoms with Crippen LogP contribution in [0.3, 0.4) is 0 Å². The zero-order chi connectivity index (χ0) is 10.6. The molecule has 0 spiro atoms. The molecule has 1 rings (SSSR count). The maximum atomic E-state index is 12.9. The molecule has 0 aliphatic rings. The Labute approximate surface area is 83.2 Å². The van der Waals surface area contributed by atoms with Gasteiger partial charge in [-0.1, -0.05) is 11.8 Å². The highest BCUT2D eigenvalue weighted by molar-refractivity contribution is 8.02. The quantitative estimate of drug-likeness (QED) is 0.623. The summed E-state index contributed by atoms with van der Waals surface area (Å²) in [5.74, 6) is -2.47. The third-order valence-corrected chi connectivity index (χ3v) is 2.16. The lowest BCUT2D eigenvalue weighted by Crippen LogP contribution is -1.85. The molecule has 0 radical (unpaired) electrons. The molecule has 0 aliphatic heterocycles. The summed E-state index contributed by atoms with van der Waals surface area (Å²) in [6.45, 7) is 0. The first-order valence-electron chi connectivity index (χ1n) is 3.61. The number of thioether (sulfide) groups is 1. The Balaban J connectivity index is 2.73. The Morgan fingerprint density at radius 1 is 1.43 bits per heavy atom. The Bertz CT molecular complexity index is 377. The van der Waals surface area contributed by atoms with Crippen LogP contribution in [0.25, 0.3) is 0 Å². The Hall–Kier alpha value is -1.36. The third-order valence-electron chi connectivity index (χ3n) is 1.30. The minimum atomic E-state index is -1.11. The highest BCUT2D eigenvalue weighted by atomic mass is 32.2. The van der Waals surface area contributed by atoms with Gasteiger partial charge in [-0.3, -0.25) is 0 Å². The van der Waals surface area contributed by atoms with Crippen LogP contribution >= 0.6 is 11.8 Å². The number of aliphatic carboxylic acids is 1. The SMILES string of the molecule is O=C(O)C=CSc1ccc(F)cc1F. The molecular formula is C9H6F2O2S. The summed E-state index contributed by atoms with van der Waals surface area (Å²) in [5.41, 5.74) is 0. The number of halogens is 2. The van der Waals surface area contributed by atoms with Crippen molar-refractivity contribution in [1.29, 1.82) is 0 Å². The molecule has 0 atom stereocenters. The number of rotatable bonds is 3. The van der Waals surface area contributed by atoms with E-state index in [0.29, 0.717) is 0 Å². The van der Waals surface area contributed by atoms with Crippen molar-refractivity contribution in [2.45, 2.75) is 4.90 Å². The first-order valence-corrected chi connectivity index (χ1v) is 4.49. The van der Waals surface area contributed by atoms with E-state index in [2.05, 4.69) is 0 Å². The number of benzene rings is 1. The van der Waals surface area contributed by atoms with Gasteiger partial charge in [0.2, 0.25) is 0 Å². The van der Waals surface area contributed by atoms with Gasteiger partial charge in [-0.2, -0.15) is 0 Å². The van der Waals surface area contributed by atoms with Crippen LogP contribution in [0.4, 0.5) is 8.78 Å². The van der Waals surface area contributed by atoms with Crippen LogP contribution in [0.1, 0.15) is 0 Å². The second-order valence-electron chi connectivity index (χ2n) is 2.33. The standard InChI is InChI=1S/C9H6F2O2S/c10-6-1-2-8(7(11)5-6)14-4-3-9(12)13/h1-5H,(H,12,13). The van der Waals surface area contributed by atoms with E-state index in [1.54, 1.807) is 0 Å². The summed E-state index contributed by atoms with van der Waals surface area (Å²) in [4.78, 5) is 10.3. The van der Waals surface area contributed by atoms with Gasteiger partial charge < -0.3 is 5.11 Å². The minimum Gasteiger partial charge on any atom is -0.478 e. The summed E-state index contributed by atoms with van der Waals surface area (Å²) in [6, 6.07) is 3.11. The van der Waals surface area contributed by atoms with Crippen LogP contribution in [-0.4, -0.2) is 11.1 Å². The molecule has 14 heavy (non-hydrogen) atoms. The predicted octanol–water partition coefficient (Wildman–Crippen LogP) is 2.66. The third kappa shape index (κ3) is 3.18. The molecule has 1 N–H and O–H groups in total. The molecule has 5 heteroatoms. The summed E-state index contributed by atoms with van der Waals surface area (Å²) in [5, 5.41) is 9.47.